The molecule has 3 rings (SSSR count). The third-order valence-electron chi connectivity index (χ3n) is 3.42. The summed E-state index contributed by atoms with van der Waals surface area (Å²) in [7, 11) is 0. The highest BCUT2D eigenvalue weighted by Crippen LogP contribution is 2.22. The maximum Gasteiger partial charge on any atom is 0.345 e. The van der Waals surface area contributed by atoms with Crippen LogP contribution < -0.4 is 15.4 Å². The number of hydrogen-bond donors (Lipinski definition) is 1. The van der Waals surface area contributed by atoms with Gasteiger partial charge in [-0.15, -0.1) is 0 Å². The average molecular weight is 403 g/mol. The van der Waals surface area contributed by atoms with Gasteiger partial charge in [-0.2, -0.15) is 10.1 Å². The Morgan fingerprint density at radius 2 is 1.85 bits per heavy atom. The maximum atomic E-state index is 12.2. The van der Waals surface area contributed by atoms with Crippen molar-refractivity contribution in [1.29, 1.82) is 0 Å². The molecule has 0 atom stereocenters. The van der Waals surface area contributed by atoms with E-state index in [0.717, 1.165) is 5.69 Å². The van der Waals surface area contributed by atoms with Crippen molar-refractivity contribution in [3.8, 4) is 11.6 Å². The summed E-state index contributed by atoms with van der Waals surface area (Å²) >= 11 is 11.9. The molecule has 3 aromatic rings. The van der Waals surface area contributed by atoms with E-state index in [0.29, 0.717) is 33.6 Å². The molecule has 0 aliphatic rings. The van der Waals surface area contributed by atoms with E-state index in [1.165, 1.54) is 6.20 Å². The first-order valence-electron chi connectivity index (χ1n) is 8.14. The minimum Gasteiger partial charge on any atom is -0.478 e. The van der Waals surface area contributed by atoms with Crippen LogP contribution in [0, 0.1) is 0 Å². The summed E-state index contributed by atoms with van der Waals surface area (Å²) in [5.41, 5.74) is 1.29. The van der Waals surface area contributed by atoms with Gasteiger partial charge in [0.1, 0.15) is 0 Å². The van der Waals surface area contributed by atoms with Gasteiger partial charge in [0.2, 0.25) is 5.88 Å². The van der Waals surface area contributed by atoms with Gasteiger partial charge in [0, 0.05) is 21.8 Å². The number of benzene rings is 2. The van der Waals surface area contributed by atoms with Crippen molar-refractivity contribution < 1.29 is 9.53 Å². The van der Waals surface area contributed by atoms with Crippen LogP contribution in [0.4, 0.5) is 10.5 Å². The molecule has 2 amide bonds. The van der Waals surface area contributed by atoms with E-state index in [9.17, 15) is 4.79 Å². The Bertz CT molecular complexity index is 999. The maximum absolute atomic E-state index is 12.2. The molecule has 0 saturated carbocycles. The Hall–Kier alpha value is -2.83. The van der Waals surface area contributed by atoms with Crippen LogP contribution in [0.2, 0.25) is 10.0 Å². The zero-order valence-electron chi connectivity index (χ0n) is 14.4. The van der Waals surface area contributed by atoms with Crippen molar-refractivity contribution in [2.75, 3.05) is 11.9 Å². The Balaban J connectivity index is 1.89. The monoisotopic (exact) mass is 402 g/mol. The van der Waals surface area contributed by atoms with Crippen molar-refractivity contribution >= 4 is 34.9 Å². The molecule has 8 heteroatoms. The fraction of sp³-hybridized carbons (Fsp3) is 0.105. The molecule has 1 aromatic heterocycles. The summed E-state index contributed by atoms with van der Waals surface area (Å²) in [5, 5.41) is 8.15. The summed E-state index contributed by atoms with van der Waals surface area (Å²) in [4.78, 5) is 16.2. The van der Waals surface area contributed by atoms with Crippen molar-refractivity contribution in [2.24, 2.45) is 4.99 Å². The Morgan fingerprint density at radius 3 is 2.52 bits per heavy atom. The number of nitrogens with zero attached hydrogens (tertiary/aromatic N) is 3. The van der Waals surface area contributed by atoms with Crippen LogP contribution >= 0.6 is 23.2 Å². The van der Waals surface area contributed by atoms with Crippen LogP contribution in [0.5, 0.6) is 5.88 Å². The molecule has 0 unspecified atom stereocenters. The first-order chi connectivity index (χ1) is 13.0. The number of ether oxygens (including phenoxy) is 1. The number of nitrogens with one attached hydrogen (secondary N) is 1. The van der Waals surface area contributed by atoms with E-state index in [-0.39, 0.29) is 0 Å². The van der Waals surface area contributed by atoms with Gasteiger partial charge in [0.15, 0.2) is 0 Å². The van der Waals surface area contributed by atoms with Crippen LogP contribution in [-0.4, -0.2) is 22.4 Å². The highest BCUT2D eigenvalue weighted by Gasteiger charge is 2.07. The van der Waals surface area contributed by atoms with Gasteiger partial charge >= 0.3 is 6.03 Å². The van der Waals surface area contributed by atoms with E-state index in [1.807, 2.05) is 37.3 Å². The number of carbonyl (C=O) groups is 1. The fourth-order valence-electron chi connectivity index (χ4n) is 2.37. The van der Waals surface area contributed by atoms with E-state index >= 15 is 0 Å². The molecular formula is C19H16Cl2N4O2. The van der Waals surface area contributed by atoms with Gasteiger partial charge in [-0.1, -0.05) is 41.4 Å². The Morgan fingerprint density at radius 1 is 1.15 bits per heavy atom. The van der Waals surface area contributed by atoms with Gasteiger partial charge in [-0.3, -0.25) is 0 Å². The van der Waals surface area contributed by atoms with Gasteiger partial charge in [0.25, 0.3) is 0 Å². The number of anilines is 1. The number of halogens is 2. The highest BCUT2D eigenvalue weighted by atomic mass is 35.5. The quantitative estimate of drug-likeness (QED) is 0.686. The van der Waals surface area contributed by atoms with Crippen molar-refractivity contribution in [1.82, 2.24) is 9.78 Å². The van der Waals surface area contributed by atoms with Crippen LogP contribution in [0.1, 0.15) is 6.92 Å². The third-order valence-corrected chi connectivity index (χ3v) is 3.86. The normalized spacial score (nSPS) is 11.3. The van der Waals surface area contributed by atoms with E-state index in [1.54, 1.807) is 28.9 Å². The van der Waals surface area contributed by atoms with E-state index in [4.69, 9.17) is 27.9 Å². The fourth-order valence-corrected chi connectivity index (χ4v) is 2.89. The summed E-state index contributed by atoms with van der Waals surface area (Å²) in [6.45, 7) is 2.32. The van der Waals surface area contributed by atoms with Crippen LogP contribution in [0.25, 0.3) is 5.69 Å². The molecule has 0 aliphatic heterocycles. The smallest absolute Gasteiger partial charge is 0.345 e. The minimum absolute atomic E-state index is 0.358. The molecule has 0 saturated heterocycles. The van der Waals surface area contributed by atoms with Gasteiger partial charge < -0.3 is 10.1 Å². The number of para-hydroxylation sites is 1. The molecule has 1 heterocycles. The summed E-state index contributed by atoms with van der Waals surface area (Å²) < 4.78 is 7.27. The van der Waals surface area contributed by atoms with Gasteiger partial charge in [0.05, 0.1) is 23.8 Å². The molecule has 0 fully saturated rings. The summed E-state index contributed by atoms with van der Waals surface area (Å²) in [5.74, 6) is 0.476. The molecule has 1 N–H and O–H groups in total. The zero-order chi connectivity index (χ0) is 19.2. The first kappa shape index (κ1) is 18.9. The molecule has 138 valence electrons. The SMILES string of the molecule is CCOc1c/c(=N\C(=O)Nc2cc(Cl)cc(Cl)c2)cnn1-c1ccccc1. The van der Waals surface area contributed by atoms with Gasteiger partial charge in [-0.05, 0) is 37.3 Å². The molecule has 0 bridgehead atoms. The van der Waals surface area contributed by atoms with Gasteiger partial charge in [-0.25, -0.2) is 9.48 Å². The number of rotatable bonds is 4. The van der Waals surface area contributed by atoms with Crippen molar-refractivity contribution in [3.05, 3.63) is 76.2 Å². The van der Waals surface area contributed by atoms with Crippen LogP contribution in [0.15, 0.2) is 65.8 Å². The van der Waals surface area contributed by atoms with E-state index in [2.05, 4.69) is 15.4 Å². The number of aromatic nitrogens is 2. The highest BCUT2D eigenvalue weighted by molar-refractivity contribution is 6.35. The van der Waals surface area contributed by atoms with E-state index < -0.39 is 6.03 Å². The molecular weight excluding hydrogens is 387 g/mol. The second-order valence-corrected chi connectivity index (χ2v) is 6.31. The molecule has 0 spiro atoms. The zero-order valence-corrected chi connectivity index (χ0v) is 15.9. The Kier molecular flexibility index (Phi) is 6.11. The number of amides is 2. The van der Waals surface area contributed by atoms with Crippen LogP contribution in [-0.2, 0) is 0 Å². The van der Waals surface area contributed by atoms with Crippen molar-refractivity contribution in [2.45, 2.75) is 6.92 Å². The number of hydrogen-bond acceptors (Lipinski definition) is 3. The molecule has 0 radical (unpaired) electrons. The lowest BCUT2D eigenvalue weighted by molar-refractivity contribution is 0.259. The minimum atomic E-state index is -0.574. The molecule has 2 aromatic carbocycles. The predicted octanol–water partition coefficient (Wildman–Crippen LogP) is 4.71. The summed E-state index contributed by atoms with van der Waals surface area (Å²) in [6, 6.07) is 15.4. The molecule has 0 aliphatic carbocycles. The first-order valence-corrected chi connectivity index (χ1v) is 8.90. The largest absolute Gasteiger partial charge is 0.478 e. The number of carbonyl (C=O) groups excluding carboxylic acids is 1. The summed E-state index contributed by atoms with van der Waals surface area (Å²) in [6.07, 6.45) is 1.49. The second kappa shape index (κ2) is 8.70. The molecule has 27 heavy (non-hydrogen) atoms. The lowest BCUT2D eigenvalue weighted by Gasteiger charge is -2.11. The number of urea groups is 1. The van der Waals surface area contributed by atoms with Crippen molar-refractivity contribution in [3.63, 3.8) is 0 Å². The topological polar surface area (TPSA) is 68.5 Å². The third kappa shape index (κ3) is 5.09. The molecule has 6 nitrogen and oxygen atoms in total. The lowest BCUT2D eigenvalue weighted by atomic mass is 10.3. The average Bonchev–Trinajstić information content (AvgIpc) is 2.62. The predicted molar refractivity (Wildman–Crippen MR) is 106 cm³/mol. The van der Waals surface area contributed by atoms with Crippen LogP contribution in [0.3, 0.4) is 0 Å². The Labute approximate surface area is 166 Å². The standard InChI is InChI=1S/C19H16Cl2N4O2/c1-2-27-18-11-16(12-22-25(18)17-6-4-3-5-7-17)24-19(26)23-15-9-13(20)8-14(21)10-15/h3-12H,2H2,1H3,(H,23,26)/b24-16+. The second-order valence-electron chi connectivity index (χ2n) is 5.43. The lowest BCUT2D eigenvalue weighted by Crippen LogP contribution is -2.17.